The van der Waals surface area contributed by atoms with Crippen molar-refractivity contribution in [3.8, 4) is 0 Å². The molecule has 1 saturated heterocycles. The normalized spacial score (nSPS) is 22.4. The second kappa shape index (κ2) is 6.98. The van der Waals surface area contributed by atoms with Gasteiger partial charge in [0, 0.05) is 38.8 Å². The van der Waals surface area contributed by atoms with Crippen LogP contribution in [0.4, 0.5) is 4.79 Å². The summed E-state index contributed by atoms with van der Waals surface area (Å²) in [5.41, 5.74) is 0. The monoisotopic (exact) mass is 253 g/mol. The van der Waals surface area contributed by atoms with Gasteiger partial charge in [-0.2, -0.15) is 0 Å². The Kier molecular flexibility index (Phi) is 5.29. The number of urea groups is 1. The molecule has 2 aliphatic rings. The summed E-state index contributed by atoms with van der Waals surface area (Å²) < 4.78 is 0. The van der Waals surface area contributed by atoms with E-state index in [0.29, 0.717) is 0 Å². The van der Waals surface area contributed by atoms with Crippen molar-refractivity contribution in [1.29, 1.82) is 0 Å². The van der Waals surface area contributed by atoms with Crippen molar-refractivity contribution < 1.29 is 4.79 Å². The Morgan fingerprint density at radius 3 is 2.44 bits per heavy atom. The van der Waals surface area contributed by atoms with Crippen LogP contribution in [0, 0.1) is 0 Å². The number of carbonyl (C=O) groups excluding carboxylic acids is 1. The fourth-order valence-corrected chi connectivity index (χ4v) is 3.04. The van der Waals surface area contributed by atoms with Crippen LogP contribution < -0.4 is 5.32 Å². The van der Waals surface area contributed by atoms with Gasteiger partial charge in [-0.15, -0.1) is 0 Å². The van der Waals surface area contributed by atoms with Crippen LogP contribution in [-0.4, -0.2) is 54.6 Å². The average Bonchev–Trinajstić information content (AvgIpc) is 2.93. The topological polar surface area (TPSA) is 35.6 Å². The SMILES string of the molecule is CCCCNC(=O)N1CCN(C2CCCC2)CC1. The summed E-state index contributed by atoms with van der Waals surface area (Å²) in [5.74, 6) is 0. The number of amides is 2. The van der Waals surface area contributed by atoms with Crippen molar-refractivity contribution in [1.82, 2.24) is 15.1 Å². The Bertz CT molecular complexity index is 256. The first-order valence-corrected chi connectivity index (χ1v) is 7.58. The molecule has 0 unspecified atom stereocenters. The molecule has 0 radical (unpaired) electrons. The molecule has 4 nitrogen and oxygen atoms in total. The first kappa shape index (κ1) is 13.7. The third kappa shape index (κ3) is 3.61. The Labute approximate surface area is 111 Å². The van der Waals surface area contributed by atoms with E-state index in [1.54, 1.807) is 0 Å². The van der Waals surface area contributed by atoms with Crippen molar-refractivity contribution in [3.63, 3.8) is 0 Å². The lowest BCUT2D eigenvalue weighted by molar-refractivity contribution is 0.110. The van der Waals surface area contributed by atoms with Crippen LogP contribution in [0.5, 0.6) is 0 Å². The molecule has 1 heterocycles. The van der Waals surface area contributed by atoms with Gasteiger partial charge in [0.25, 0.3) is 0 Å². The molecule has 104 valence electrons. The number of hydrogen-bond acceptors (Lipinski definition) is 2. The molecule has 0 aromatic carbocycles. The summed E-state index contributed by atoms with van der Waals surface area (Å²) in [4.78, 5) is 16.5. The molecule has 1 saturated carbocycles. The molecule has 2 rings (SSSR count). The van der Waals surface area contributed by atoms with Gasteiger partial charge in [-0.1, -0.05) is 26.2 Å². The highest BCUT2D eigenvalue weighted by atomic mass is 16.2. The summed E-state index contributed by atoms with van der Waals surface area (Å²) in [6.45, 7) is 6.88. The second-order valence-electron chi connectivity index (χ2n) is 5.55. The van der Waals surface area contributed by atoms with Crippen molar-refractivity contribution in [3.05, 3.63) is 0 Å². The Balaban J connectivity index is 1.67. The molecule has 4 heteroatoms. The van der Waals surface area contributed by atoms with E-state index in [-0.39, 0.29) is 6.03 Å². The van der Waals surface area contributed by atoms with E-state index in [1.165, 1.54) is 25.7 Å². The first-order valence-electron chi connectivity index (χ1n) is 7.58. The van der Waals surface area contributed by atoms with Crippen molar-refractivity contribution in [2.24, 2.45) is 0 Å². The van der Waals surface area contributed by atoms with E-state index in [1.807, 2.05) is 4.90 Å². The quantitative estimate of drug-likeness (QED) is 0.778. The zero-order valence-corrected chi connectivity index (χ0v) is 11.7. The zero-order valence-electron chi connectivity index (χ0n) is 11.7. The van der Waals surface area contributed by atoms with Crippen LogP contribution in [-0.2, 0) is 0 Å². The first-order chi connectivity index (χ1) is 8.81. The molecule has 2 fully saturated rings. The number of hydrogen-bond donors (Lipinski definition) is 1. The fraction of sp³-hybridized carbons (Fsp3) is 0.929. The highest BCUT2D eigenvalue weighted by Gasteiger charge is 2.27. The molecule has 0 aromatic heterocycles. The molecule has 0 aromatic rings. The number of rotatable bonds is 4. The lowest BCUT2D eigenvalue weighted by atomic mass is 10.2. The molecule has 0 bridgehead atoms. The van der Waals surface area contributed by atoms with Crippen LogP contribution >= 0.6 is 0 Å². The molecular formula is C14H27N3O. The van der Waals surface area contributed by atoms with Crippen LogP contribution in [0.3, 0.4) is 0 Å². The van der Waals surface area contributed by atoms with Crippen LogP contribution in [0.15, 0.2) is 0 Å². The number of carbonyl (C=O) groups is 1. The van der Waals surface area contributed by atoms with Gasteiger partial charge in [-0.25, -0.2) is 4.79 Å². The third-order valence-corrected chi connectivity index (χ3v) is 4.25. The minimum atomic E-state index is 0.134. The molecule has 1 N–H and O–H groups in total. The Morgan fingerprint density at radius 1 is 1.17 bits per heavy atom. The number of nitrogens with one attached hydrogen (secondary N) is 1. The van der Waals surface area contributed by atoms with E-state index >= 15 is 0 Å². The van der Waals surface area contributed by atoms with Crippen LogP contribution in [0.1, 0.15) is 45.4 Å². The molecule has 2 amide bonds. The molecule has 0 atom stereocenters. The second-order valence-corrected chi connectivity index (χ2v) is 5.55. The summed E-state index contributed by atoms with van der Waals surface area (Å²) in [6, 6.07) is 0.935. The maximum atomic E-state index is 11.9. The molecule has 0 spiro atoms. The van der Waals surface area contributed by atoms with Gasteiger partial charge in [0.2, 0.25) is 0 Å². The standard InChI is InChI=1S/C14H27N3O/c1-2-3-8-15-14(18)17-11-9-16(10-12-17)13-6-4-5-7-13/h13H,2-12H2,1H3,(H,15,18). The van der Waals surface area contributed by atoms with E-state index in [4.69, 9.17) is 0 Å². The average molecular weight is 253 g/mol. The molecule has 1 aliphatic heterocycles. The minimum absolute atomic E-state index is 0.134. The van der Waals surface area contributed by atoms with Crippen LogP contribution in [0.25, 0.3) is 0 Å². The van der Waals surface area contributed by atoms with Gasteiger partial charge < -0.3 is 10.2 Å². The summed E-state index contributed by atoms with van der Waals surface area (Å²) in [6.07, 6.45) is 7.72. The molecule has 18 heavy (non-hydrogen) atoms. The van der Waals surface area contributed by atoms with E-state index in [0.717, 1.165) is 51.6 Å². The van der Waals surface area contributed by atoms with E-state index in [9.17, 15) is 4.79 Å². The highest BCUT2D eigenvalue weighted by Crippen LogP contribution is 2.24. The summed E-state index contributed by atoms with van der Waals surface area (Å²) in [5, 5.41) is 3.01. The summed E-state index contributed by atoms with van der Waals surface area (Å²) >= 11 is 0. The zero-order chi connectivity index (χ0) is 12.8. The Hall–Kier alpha value is -0.770. The lowest BCUT2D eigenvalue weighted by Crippen LogP contribution is -2.53. The maximum Gasteiger partial charge on any atom is 0.317 e. The third-order valence-electron chi connectivity index (χ3n) is 4.25. The van der Waals surface area contributed by atoms with Crippen molar-refractivity contribution in [2.45, 2.75) is 51.5 Å². The maximum absolute atomic E-state index is 11.9. The van der Waals surface area contributed by atoms with E-state index in [2.05, 4.69) is 17.1 Å². The smallest absolute Gasteiger partial charge is 0.317 e. The predicted molar refractivity (Wildman–Crippen MR) is 73.7 cm³/mol. The molecular weight excluding hydrogens is 226 g/mol. The van der Waals surface area contributed by atoms with Gasteiger partial charge in [-0.3, -0.25) is 4.90 Å². The van der Waals surface area contributed by atoms with Gasteiger partial charge in [0.15, 0.2) is 0 Å². The number of unbranched alkanes of at least 4 members (excludes halogenated alkanes) is 1. The number of piperazine rings is 1. The van der Waals surface area contributed by atoms with E-state index < -0.39 is 0 Å². The number of nitrogens with zero attached hydrogens (tertiary/aromatic N) is 2. The fourth-order valence-electron chi connectivity index (χ4n) is 3.04. The Morgan fingerprint density at radius 2 is 1.83 bits per heavy atom. The summed E-state index contributed by atoms with van der Waals surface area (Å²) in [7, 11) is 0. The van der Waals surface area contributed by atoms with Gasteiger partial charge in [0.1, 0.15) is 0 Å². The highest BCUT2D eigenvalue weighted by molar-refractivity contribution is 5.74. The van der Waals surface area contributed by atoms with Crippen molar-refractivity contribution in [2.75, 3.05) is 32.7 Å². The van der Waals surface area contributed by atoms with Crippen molar-refractivity contribution >= 4 is 6.03 Å². The van der Waals surface area contributed by atoms with Gasteiger partial charge >= 0.3 is 6.03 Å². The minimum Gasteiger partial charge on any atom is -0.338 e. The predicted octanol–water partition coefficient (Wildman–Crippen LogP) is 2.06. The molecule has 1 aliphatic carbocycles. The van der Waals surface area contributed by atoms with Crippen LogP contribution in [0.2, 0.25) is 0 Å². The largest absolute Gasteiger partial charge is 0.338 e. The van der Waals surface area contributed by atoms with Gasteiger partial charge in [-0.05, 0) is 19.3 Å². The lowest BCUT2D eigenvalue weighted by Gasteiger charge is -2.38. The van der Waals surface area contributed by atoms with Gasteiger partial charge in [0.05, 0.1) is 0 Å².